The van der Waals surface area contributed by atoms with E-state index in [1.165, 1.54) is 0 Å². The Morgan fingerprint density at radius 2 is 1.90 bits per heavy atom. The number of amides is 1. The molecule has 2 unspecified atom stereocenters. The Labute approximate surface area is 133 Å². The van der Waals surface area contributed by atoms with Crippen molar-refractivity contribution in [3.8, 4) is 0 Å². The van der Waals surface area contributed by atoms with Gasteiger partial charge in [0.15, 0.2) is 0 Å². The predicted octanol–water partition coefficient (Wildman–Crippen LogP) is 3.87. The maximum Gasteiger partial charge on any atom is 0.223 e. The molecule has 4 heteroatoms. The molecule has 0 heterocycles. The van der Waals surface area contributed by atoms with E-state index in [4.69, 9.17) is 17.3 Å². The zero-order valence-corrected chi connectivity index (χ0v) is 14.2. The highest BCUT2D eigenvalue weighted by molar-refractivity contribution is 6.31. The summed E-state index contributed by atoms with van der Waals surface area (Å²) in [6, 6.07) is 7.62. The SMILES string of the molecule is CC(C)CC(CN)CC(=O)N(C)C(C)c1ccccc1Cl. The molecule has 1 amide bonds. The first-order chi connectivity index (χ1) is 9.86. The van der Waals surface area contributed by atoms with Crippen LogP contribution in [-0.4, -0.2) is 24.4 Å². The van der Waals surface area contributed by atoms with Gasteiger partial charge in [-0.25, -0.2) is 0 Å². The van der Waals surface area contributed by atoms with Gasteiger partial charge in [0.05, 0.1) is 6.04 Å². The Morgan fingerprint density at radius 1 is 1.29 bits per heavy atom. The van der Waals surface area contributed by atoms with Gasteiger partial charge < -0.3 is 10.6 Å². The molecule has 21 heavy (non-hydrogen) atoms. The molecule has 0 fully saturated rings. The number of carbonyl (C=O) groups excluding carboxylic acids is 1. The van der Waals surface area contributed by atoms with Crippen molar-refractivity contribution < 1.29 is 4.79 Å². The first-order valence-corrected chi connectivity index (χ1v) is 7.94. The zero-order chi connectivity index (χ0) is 16.0. The first-order valence-electron chi connectivity index (χ1n) is 7.56. The van der Waals surface area contributed by atoms with Crippen LogP contribution in [0.15, 0.2) is 24.3 Å². The number of hydrogen-bond donors (Lipinski definition) is 1. The summed E-state index contributed by atoms with van der Waals surface area (Å²) in [6.45, 7) is 6.86. The van der Waals surface area contributed by atoms with Crippen LogP contribution in [0.1, 0.15) is 45.2 Å². The number of carbonyl (C=O) groups is 1. The Kier molecular flexibility index (Phi) is 7.20. The van der Waals surface area contributed by atoms with E-state index in [2.05, 4.69) is 13.8 Å². The molecular weight excluding hydrogens is 284 g/mol. The lowest BCUT2D eigenvalue weighted by molar-refractivity contribution is -0.132. The van der Waals surface area contributed by atoms with E-state index >= 15 is 0 Å². The fourth-order valence-corrected chi connectivity index (χ4v) is 2.85. The van der Waals surface area contributed by atoms with Gasteiger partial charge in [-0.15, -0.1) is 0 Å². The van der Waals surface area contributed by atoms with Crippen LogP contribution in [0.4, 0.5) is 0 Å². The van der Waals surface area contributed by atoms with Gasteiger partial charge in [-0.05, 0) is 43.4 Å². The number of nitrogens with two attached hydrogens (primary N) is 1. The van der Waals surface area contributed by atoms with Crippen molar-refractivity contribution in [1.82, 2.24) is 4.90 Å². The summed E-state index contributed by atoms with van der Waals surface area (Å²) >= 11 is 6.21. The zero-order valence-electron chi connectivity index (χ0n) is 13.5. The molecule has 0 saturated heterocycles. The number of rotatable bonds is 7. The molecule has 0 saturated carbocycles. The summed E-state index contributed by atoms with van der Waals surface area (Å²) in [5, 5.41) is 0.696. The Balaban J connectivity index is 2.71. The summed E-state index contributed by atoms with van der Waals surface area (Å²) in [5.41, 5.74) is 6.76. The second kappa shape index (κ2) is 8.40. The number of benzene rings is 1. The molecule has 0 aliphatic rings. The van der Waals surface area contributed by atoms with E-state index in [9.17, 15) is 4.79 Å². The molecule has 1 aromatic carbocycles. The smallest absolute Gasteiger partial charge is 0.223 e. The summed E-state index contributed by atoms with van der Waals surface area (Å²) in [7, 11) is 1.83. The van der Waals surface area contributed by atoms with Crippen molar-refractivity contribution in [2.45, 2.75) is 39.7 Å². The molecular formula is C17H27ClN2O. The van der Waals surface area contributed by atoms with E-state index in [1.54, 1.807) is 4.90 Å². The average Bonchev–Trinajstić information content (AvgIpc) is 2.44. The predicted molar refractivity (Wildman–Crippen MR) is 89.3 cm³/mol. The van der Waals surface area contributed by atoms with Crippen LogP contribution in [0.2, 0.25) is 5.02 Å². The van der Waals surface area contributed by atoms with Crippen molar-refractivity contribution in [2.75, 3.05) is 13.6 Å². The van der Waals surface area contributed by atoms with E-state index in [-0.39, 0.29) is 17.9 Å². The maximum absolute atomic E-state index is 12.4. The monoisotopic (exact) mass is 310 g/mol. The minimum Gasteiger partial charge on any atom is -0.339 e. The number of halogens is 1. The molecule has 0 aromatic heterocycles. The van der Waals surface area contributed by atoms with Gasteiger partial charge in [-0.3, -0.25) is 4.79 Å². The third-order valence-corrected chi connectivity index (χ3v) is 4.28. The maximum atomic E-state index is 12.4. The Morgan fingerprint density at radius 3 is 2.43 bits per heavy atom. The third-order valence-electron chi connectivity index (χ3n) is 3.93. The highest BCUT2D eigenvalue weighted by Gasteiger charge is 2.22. The largest absolute Gasteiger partial charge is 0.339 e. The first kappa shape index (κ1) is 18.0. The van der Waals surface area contributed by atoms with Crippen molar-refractivity contribution in [3.63, 3.8) is 0 Å². The van der Waals surface area contributed by atoms with Crippen LogP contribution >= 0.6 is 11.6 Å². The molecule has 2 N–H and O–H groups in total. The van der Waals surface area contributed by atoms with Gasteiger partial charge in [-0.2, -0.15) is 0 Å². The van der Waals surface area contributed by atoms with E-state index < -0.39 is 0 Å². The van der Waals surface area contributed by atoms with Crippen LogP contribution in [0.5, 0.6) is 0 Å². The van der Waals surface area contributed by atoms with E-state index in [0.717, 1.165) is 12.0 Å². The van der Waals surface area contributed by atoms with E-state index in [0.29, 0.717) is 23.9 Å². The van der Waals surface area contributed by atoms with Gasteiger partial charge in [-0.1, -0.05) is 43.6 Å². The lowest BCUT2D eigenvalue weighted by atomic mass is 9.93. The molecule has 0 aliphatic carbocycles. The number of nitrogens with zero attached hydrogens (tertiary/aromatic N) is 1. The normalized spacial score (nSPS) is 14.0. The minimum absolute atomic E-state index is 0.0383. The summed E-state index contributed by atoms with van der Waals surface area (Å²) < 4.78 is 0. The lowest BCUT2D eigenvalue weighted by Gasteiger charge is -2.28. The highest BCUT2D eigenvalue weighted by atomic mass is 35.5. The van der Waals surface area contributed by atoms with Gasteiger partial charge in [0.1, 0.15) is 0 Å². The van der Waals surface area contributed by atoms with Gasteiger partial charge in [0.2, 0.25) is 5.91 Å². The fourth-order valence-electron chi connectivity index (χ4n) is 2.56. The van der Waals surface area contributed by atoms with Crippen LogP contribution in [0.3, 0.4) is 0 Å². The van der Waals surface area contributed by atoms with Crippen molar-refractivity contribution >= 4 is 17.5 Å². The minimum atomic E-state index is -0.0383. The fraction of sp³-hybridized carbons (Fsp3) is 0.588. The van der Waals surface area contributed by atoms with Crippen LogP contribution in [0.25, 0.3) is 0 Å². The van der Waals surface area contributed by atoms with Crippen LogP contribution in [-0.2, 0) is 4.79 Å². The Hall–Kier alpha value is -1.06. The van der Waals surface area contributed by atoms with Gasteiger partial charge in [0, 0.05) is 18.5 Å². The number of hydrogen-bond acceptors (Lipinski definition) is 2. The molecule has 1 aromatic rings. The second-order valence-corrected chi connectivity index (χ2v) is 6.54. The quantitative estimate of drug-likeness (QED) is 0.831. The molecule has 0 bridgehead atoms. The molecule has 118 valence electrons. The van der Waals surface area contributed by atoms with Crippen molar-refractivity contribution in [3.05, 3.63) is 34.9 Å². The van der Waals surface area contributed by atoms with Crippen LogP contribution < -0.4 is 5.73 Å². The highest BCUT2D eigenvalue weighted by Crippen LogP contribution is 2.27. The second-order valence-electron chi connectivity index (χ2n) is 6.14. The molecule has 0 spiro atoms. The van der Waals surface area contributed by atoms with Crippen molar-refractivity contribution in [1.29, 1.82) is 0 Å². The standard InChI is InChI=1S/C17H27ClN2O/c1-12(2)9-14(11-19)10-17(21)20(4)13(3)15-7-5-6-8-16(15)18/h5-8,12-14H,9-11,19H2,1-4H3. The van der Waals surface area contributed by atoms with Gasteiger partial charge in [0.25, 0.3) is 0 Å². The summed E-state index contributed by atoms with van der Waals surface area (Å²) in [4.78, 5) is 14.2. The lowest BCUT2D eigenvalue weighted by Crippen LogP contribution is -2.33. The molecule has 2 atom stereocenters. The van der Waals surface area contributed by atoms with Gasteiger partial charge >= 0.3 is 0 Å². The summed E-state index contributed by atoms with van der Waals surface area (Å²) in [5.74, 6) is 0.926. The molecule has 3 nitrogen and oxygen atoms in total. The van der Waals surface area contributed by atoms with E-state index in [1.807, 2.05) is 38.2 Å². The topological polar surface area (TPSA) is 46.3 Å². The average molecular weight is 311 g/mol. The molecule has 0 aliphatic heterocycles. The summed E-state index contributed by atoms with van der Waals surface area (Å²) in [6.07, 6.45) is 1.48. The third kappa shape index (κ3) is 5.33. The van der Waals surface area contributed by atoms with Crippen LogP contribution in [0, 0.1) is 11.8 Å². The molecule has 1 rings (SSSR count). The van der Waals surface area contributed by atoms with Crippen molar-refractivity contribution in [2.24, 2.45) is 17.6 Å². The Bertz CT molecular complexity index is 462. The molecule has 0 radical (unpaired) electrons.